The number of benzene rings is 1. The van der Waals surface area contributed by atoms with Gasteiger partial charge in [0.25, 0.3) is 11.4 Å². The van der Waals surface area contributed by atoms with Gasteiger partial charge in [-0.2, -0.15) is 0 Å². The maximum atomic E-state index is 12.6. The van der Waals surface area contributed by atoms with Crippen molar-refractivity contribution in [1.82, 2.24) is 15.0 Å². The summed E-state index contributed by atoms with van der Waals surface area (Å²) in [6, 6.07) is 6.17. The number of non-ortho nitro benzene ring substituents is 1. The second kappa shape index (κ2) is 6.14. The first-order valence-corrected chi connectivity index (χ1v) is 9.06. The zero-order chi connectivity index (χ0) is 21.2. The molecule has 10 nitrogen and oxygen atoms in total. The van der Waals surface area contributed by atoms with Gasteiger partial charge in [0.15, 0.2) is 5.65 Å². The van der Waals surface area contributed by atoms with Gasteiger partial charge < -0.3 is 5.11 Å². The summed E-state index contributed by atoms with van der Waals surface area (Å²) in [5.41, 5.74) is 2.38. The Morgan fingerprint density at radius 3 is 2.27 bits per heavy atom. The van der Waals surface area contributed by atoms with Crippen LogP contribution in [0, 0.1) is 27.2 Å². The summed E-state index contributed by atoms with van der Waals surface area (Å²) in [7, 11) is 0. The molecule has 0 spiro atoms. The second-order valence-electron chi connectivity index (χ2n) is 7.21. The molecule has 0 bridgehead atoms. The third-order valence-corrected chi connectivity index (χ3v) is 5.26. The Balaban J connectivity index is 1.84. The highest BCUT2D eigenvalue weighted by atomic mass is 16.6. The molecule has 3 heterocycles. The van der Waals surface area contributed by atoms with Crippen molar-refractivity contribution in [2.75, 3.05) is 0 Å². The predicted octanol–water partition coefficient (Wildman–Crippen LogP) is 3.14. The van der Waals surface area contributed by atoms with Crippen LogP contribution in [0.4, 0.5) is 11.4 Å². The van der Waals surface area contributed by atoms with Crippen molar-refractivity contribution in [2.24, 2.45) is 0 Å². The molecule has 0 radical (unpaired) electrons. The lowest BCUT2D eigenvalue weighted by Gasteiger charge is -2.20. The van der Waals surface area contributed by atoms with Crippen LogP contribution in [-0.2, 0) is 12.8 Å². The van der Waals surface area contributed by atoms with E-state index in [0.29, 0.717) is 41.5 Å². The van der Waals surface area contributed by atoms with Crippen molar-refractivity contribution < 1.29 is 15.0 Å². The number of pyridine rings is 3. The van der Waals surface area contributed by atoms with Crippen molar-refractivity contribution in [3.8, 4) is 17.1 Å². The van der Waals surface area contributed by atoms with E-state index in [1.807, 2.05) is 19.1 Å². The van der Waals surface area contributed by atoms with Crippen LogP contribution in [0.5, 0.6) is 5.75 Å². The molecule has 10 heteroatoms. The molecule has 3 aromatic heterocycles. The molecule has 1 aliphatic rings. The highest BCUT2D eigenvalue weighted by Gasteiger charge is 2.27. The van der Waals surface area contributed by atoms with E-state index >= 15 is 0 Å². The van der Waals surface area contributed by atoms with Gasteiger partial charge in [-0.25, -0.2) is 15.0 Å². The lowest BCUT2D eigenvalue weighted by atomic mass is 9.90. The van der Waals surface area contributed by atoms with Crippen molar-refractivity contribution in [1.29, 1.82) is 0 Å². The van der Waals surface area contributed by atoms with Crippen LogP contribution in [0.25, 0.3) is 33.3 Å². The maximum Gasteiger partial charge on any atom is 0.285 e. The van der Waals surface area contributed by atoms with Gasteiger partial charge in [0.2, 0.25) is 0 Å². The largest absolute Gasteiger partial charge is 0.866 e. The molecule has 0 aliphatic heterocycles. The smallest absolute Gasteiger partial charge is 0.285 e. The first-order chi connectivity index (χ1) is 14.3. The molecule has 0 amide bonds. The summed E-state index contributed by atoms with van der Waals surface area (Å²) in [6.07, 6.45) is 2.90. The van der Waals surface area contributed by atoms with Gasteiger partial charge in [-0.15, -0.1) is 0 Å². The predicted molar refractivity (Wildman–Crippen MR) is 105 cm³/mol. The molecule has 0 unspecified atom stereocenters. The Kier molecular flexibility index (Phi) is 3.66. The van der Waals surface area contributed by atoms with E-state index in [1.54, 1.807) is 6.20 Å². The van der Waals surface area contributed by atoms with Crippen molar-refractivity contribution in [2.45, 2.75) is 19.8 Å². The molecule has 1 aromatic carbocycles. The summed E-state index contributed by atoms with van der Waals surface area (Å²) >= 11 is 0. The van der Waals surface area contributed by atoms with E-state index < -0.39 is 27.0 Å². The lowest BCUT2D eigenvalue weighted by Crippen LogP contribution is -2.10. The molecular weight excluding hydrogens is 390 g/mol. The first-order valence-electron chi connectivity index (χ1n) is 9.06. The Morgan fingerprint density at radius 2 is 1.57 bits per heavy atom. The number of hydrogen-bond donors (Lipinski definition) is 0. The van der Waals surface area contributed by atoms with E-state index in [1.165, 1.54) is 6.07 Å². The van der Waals surface area contributed by atoms with Gasteiger partial charge >= 0.3 is 0 Å². The third-order valence-electron chi connectivity index (χ3n) is 5.26. The number of fused-ring (bicyclic) bond motifs is 5. The topological polar surface area (TPSA) is 148 Å². The first kappa shape index (κ1) is 17.9. The minimum absolute atomic E-state index is 0.00709. The number of aryl methyl sites for hydroxylation is 3. The molecule has 1 aliphatic carbocycles. The summed E-state index contributed by atoms with van der Waals surface area (Å²) in [6.45, 7) is 1.93. The number of aromatic nitrogens is 3. The molecule has 148 valence electrons. The van der Waals surface area contributed by atoms with Crippen LogP contribution in [0.2, 0.25) is 0 Å². The van der Waals surface area contributed by atoms with E-state index in [2.05, 4.69) is 15.0 Å². The van der Waals surface area contributed by atoms with Crippen LogP contribution in [0.3, 0.4) is 0 Å². The van der Waals surface area contributed by atoms with E-state index in [4.69, 9.17) is 0 Å². The number of rotatable bonds is 2. The Morgan fingerprint density at radius 1 is 0.900 bits per heavy atom. The van der Waals surface area contributed by atoms with Gasteiger partial charge in [-0.1, -0.05) is 0 Å². The number of nitro groups is 2. The monoisotopic (exact) mass is 402 g/mol. The summed E-state index contributed by atoms with van der Waals surface area (Å²) < 4.78 is 0. The Bertz CT molecular complexity index is 1430. The van der Waals surface area contributed by atoms with Crippen molar-refractivity contribution >= 4 is 33.3 Å². The quantitative estimate of drug-likeness (QED) is 0.367. The van der Waals surface area contributed by atoms with Crippen molar-refractivity contribution in [3.63, 3.8) is 0 Å². The van der Waals surface area contributed by atoms with Gasteiger partial charge in [-0.3, -0.25) is 20.2 Å². The lowest BCUT2D eigenvalue weighted by molar-refractivity contribution is -0.402. The molecule has 0 saturated carbocycles. The zero-order valence-corrected chi connectivity index (χ0v) is 15.6. The normalized spacial score (nSPS) is 12.6. The molecule has 4 aromatic rings. The fourth-order valence-corrected chi connectivity index (χ4v) is 3.88. The third kappa shape index (κ3) is 2.54. The average Bonchev–Trinajstić information content (AvgIpc) is 2.71. The molecule has 0 atom stereocenters. The van der Waals surface area contributed by atoms with Crippen LogP contribution >= 0.6 is 0 Å². The summed E-state index contributed by atoms with van der Waals surface area (Å²) in [4.78, 5) is 34.3. The van der Waals surface area contributed by atoms with Crippen LogP contribution < -0.4 is 5.11 Å². The minimum Gasteiger partial charge on any atom is -0.866 e. The molecule has 0 N–H and O–H groups in total. The fourth-order valence-electron chi connectivity index (χ4n) is 3.88. The minimum atomic E-state index is -0.954. The highest BCUT2D eigenvalue weighted by molar-refractivity contribution is 5.98. The molecule has 30 heavy (non-hydrogen) atoms. The fraction of sp³-hybridized carbons (Fsp3) is 0.150. The second-order valence-corrected chi connectivity index (χ2v) is 7.21. The molecule has 0 saturated heterocycles. The van der Waals surface area contributed by atoms with Gasteiger partial charge in [0, 0.05) is 11.6 Å². The maximum absolute atomic E-state index is 12.6. The van der Waals surface area contributed by atoms with Crippen LogP contribution in [-0.4, -0.2) is 24.8 Å². The van der Waals surface area contributed by atoms with E-state index in [0.717, 1.165) is 16.5 Å². The molecule has 0 fully saturated rings. The molecule has 5 rings (SSSR count). The van der Waals surface area contributed by atoms with Crippen LogP contribution in [0.1, 0.15) is 16.7 Å². The standard InChI is InChI=1S/C20H13N5O5/c1-9-4-12-5-10-2-3-11-6-13-14(24(27)28)7-15(25(29)30)19(26)18(13)22-16(11)17(10)23-20(12)21-8-9/h4-8,26H,2-3H2,1H3/p-1. The van der Waals surface area contributed by atoms with Crippen LogP contribution in [0.15, 0.2) is 30.5 Å². The molecular formula is C20H12N5O5-. The van der Waals surface area contributed by atoms with Gasteiger partial charge in [0.1, 0.15) is 0 Å². The summed E-state index contributed by atoms with van der Waals surface area (Å²) in [5, 5.41) is 36.2. The van der Waals surface area contributed by atoms with E-state index in [9.17, 15) is 25.3 Å². The Labute approximate surface area is 168 Å². The number of nitrogens with zero attached hydrogens (tertiary/aromatic N) is 5. The average molecular weight is 402 g/mol. The van der Waals surface area contributed by atoms with Gasteiger partial charge in [-0.05, 0) is 60.4 Å². The SMILES string of the molecule is Cc1cnc2nc3c(cc2c1)CCc1cc2c([N+](=O)[O-])cc([N+](=O)[O-])c([O-])c2nc1-3. The highest BCUT2D eigenvalue weighted by Crippen LogP contribution is 2.41. The Hall–Kier alpha value is -4.21. The van der Waals surface area contributed by atoms with Crippen molar-refractivity contribution in [3.05, 3.63) is 67.4 Å². The number of nitro benzene ring substituents is 2. The zero-order valence-electron chi connectivity index (χ0n) is 15.6. The number of hydrogen-bond acceptors (Lipinski definition) is 8. The van der Waals surface area contributed by atoms with E-state index in [-0.39, 0.29) is 10.9 Å². The summed E-state index contributed by atoms with van der Waals surface area (Å²) in [5.74, 6) is -0.954. The van der Waals surface area contributed by atoms with Gasteiger partial charge in [0.05, 0.1) is 38.2 Å².